The summed E-state index contributed by atoms with van der Waals surface area (Å²) in [5.41, 5.74) is 0.0411. The second-order valence-corrected chi connectivity index (χ2v) is 4.92. The number of aliphatic hydroxyl groups is 1. The molecule has 0 aliphatic carbocycles. The topological polar surface area (TPSA) is 110 Å². The van der Waals surface area contributed by atoms with E-state index in [1.54, 1.807) is 12.1 Å². The van der Waals surface area contributed by atoms with E-state index in [9.17, 15) is 19.5 Å². The van der Waals surface area contributed by atoms with Gasteiger partial charge in [-0.3, -0.25) is 0 Å². The summed E-state index contributed by atoms with van der Waals surface area (Å²) in [4.78, 5) is 34.6. The quantitative estimate of drug-likeness (QED) is 0.355. The van der Waals surface area contributed by atoms with Crippen molar-refractivity contribution in [2.75, 3.05) is 0 Å². The molecule has 7 nitrogen and oxygen atoms in total. The molecule has 2 N–H and O–H groups in total. The number of hydrogen-bond acceptors (Lipinski definition) is 6. The highest BCUT2D eigenvalue weighted by Crippen LogP contribution is 2.23. The van der Waals surface area contributed by atoms with E-state index in [1.807, 2.05) is 0 Å². The van der Waals surface area contributed by atoms with Crippen molar-refractivity contribution in [2.24, 2.45) is 0 Å². The third-order valence-corrected chi connectivity index (χ3v) is 3.09. The van der Waals surface area contributed by atoms with Gasteiger partial charge in [-0.25, -0.2) is 14.4 Å². The lowest BCUT2D eigenvalue weighted by atomic mass is 10.2. The van der Waals surface area contributed by atoms with Crippen LogP contribution in [0.15, 0.2) is 67.3 Å². The highest BCUT2D eigenvalue weighted by molar-refractivity contribution is 5.96. The Morgan fingerprint density at radius 1 is 0.769 bits per heavy atom. The molecule has 0 spiro atoms. The van der Waals surface area contributed by atoms with Crippen molar-refractivity contribution in [1.82, 2.24) is 0 Å². The first-order valence-corrected chi connectivity index (χ1v) is 7.30. The smallest absolute Gasteiger partial charge is 0.339 e. The van der Waals surface area contributed by atoms with Gasteiger partial charge in [0.05, 0.1) is 5.56 Å². The van der Waals surface area contributed by atoms with E-state index in [0.717, 1.165) is 12.2 Å². The summed E-state index contributed by atoms with van der Waals surface area (Å²) in [6, 6.07) is 11.8. The first-order chi connectivity index (χ1) is 12.4. The number of aromatic carboxylic acids is 1. The number of carbonyl (C=O) groups is 3. The molecule has 0 saturated heterocycles. The number of esters is 2. The molecule has 2 aromatic rings. The third-order valence-electron chi connectivity index (χ3n) is 3.09. The predicted molar refractivity (Wildman–Crippen MR) is 91.9 cm³/mol. The number of carboxylic acid groups (broad SMARTS) is 1. The van der Waals surface area contributed by atoms with Gasteiger partial charge in [-0.1, -0.05) is 30.8 Å². The maximum Gasteiger partial charge on any atom is 0.339 e. The largest absolute Gasteiger partial charge is 0.508 e. The molecule has 0 unspecified atom stereocenters. The van der Waals surface area contributed by atoms with Gasteiger partial charge in [-0.05, 0) is 24.3 Å². The molecule has 0 atom stereocenters. The second kappa shape index (κ2) is 8.29. The minimum atomic E-state index is -1.25. The zero-order valence-electron chi connectivity index (χ0n) is 13.4. The molecule has 0 aliphatic heterocycles. The summed E-state index contributed by atoms with van der Waals surface area (Å²) >= 11 is 0. The van der Waals surface area contributed by atoms with Gasteiger partial charge in [0.1, 0.15) is 22.8 Å². The molecule has 0 heterocycles. The van der Waals surface area contributed by atoms with Crippen LogP contribution in [0.1, 0.15) is 15.9 Å². The normalized spacial score (nSPS) is 10.3. The van der Waals surface area contributed by atoms with Crippen LogP contribution in [0.4, 0.5) is 0 Å². The minimum Gasteiger partial charge on any atom is -0.508 e. The van der Waals surface area contributed by atoms with E-state index >= 15 is 0 Å². The van der Waals surface area contributed by atoms with Crippen molar-refractivity contribution >= 4 is 23.7 Å². The average molecular weight is 354 g/mol. The zero-order valence-corrected chi connectivity index (χ0v) is 13.4. The molecule has 2 rings (SSSR count). The van der Waals surface area contributed by atoms with E-state index in [0.29, 0.717) is 0 Å². The fourth-order valence-electron chi connectivity index (χ4n) is 1.95. The third kappa shape index (κ3) is 4.81. The van der Waals surface area contributed by atoms with Crippen LogP contribution >= 0.6 is 0 Å². The van der Waals surface area contributed by atoms with Crippen molar-refractivity contribution in [3.63, 3.8) is 0 Å². The van der Waals surface area contributed by atoms with E-state index < -0.39 is 17.9 Å². The van der Waals surface area contributed by atoms with Gasteiger partial charge in [-0.15, -0.1) is 0 Å². The Morgan fingerprint density at radius 3 is 1.65 bits per heavy atom. The first kappa shape index (κ1) is 18.5. The Bertz CT molecular complexity index is 823. The number of rotatable bonds is 6. The maximum atomic E-state index is 11.8. The van der Waals surface area contributed by atoms with Crippen LogP contribution in [0, 0.1) is 0 Å². The molecule has 0 bridgehead atoms. The maximum absolute atomic E-state index is 11.8. The summed E-state index contributed by atoms with van der Waals surface area (Å²) in [5, 5.41) is 18.5. The van der Waals surface area contributed by atoms with Crippen molar-refractivity contribution < 1.29 is 34.1 Å². The van der Waals surface area contributed by atoms with E-state index in [-0.39, 0.29) is 28.4 Å². The molecular weight excluding hydrogens is 340 g/mol. The Balaban J connectivity index is 2.04. The molecule has 26 heavy (non-hydrogen) atoms. The molecule has 0 radical (unpaired) electrons. The van der Waals surface area contributed by atoms with Crippen LogP contribution in [0.2, 0.25) is 0 Å². The lowest BCUT2D eigenvalue weighted by molar-refractivity contribution is -0.131. The SMILES string of the molecule is C=C(O)c1ccccc1OC(=O)/C=C/C(=O)Oc1ccccc1C(=O)O. The van der Waals surface area contributed by atoms with Gasteiger partial charge in [0.2, 0.25) is 0 Å². The fourth-order valence-corrected chi connectivity index (χ4v) is 1.95. The standard InChI is InChI=1S/C19H14O7/c1-12(20)13-6-2-4-8-15(13)25-17(21)10-11-18(22)26-16-9-5-3-7-14(16)19(23)24/h2-11,20H,1H2,(H,23,24)/b11-10+. The van der Waals surface area contributed by atoms with Crippen molar-refractivity contribution in [3.8, 4) is 11.5 Å². The van der Waals surface area contributed by atoms with E-state index in [4.69, 9.17) is 14.6 Å². The number of carboxylic acids is 1. The van der Waals surface area contributed by atoms with Crippen LogP contribution in [0.5, 0.6) is 11.5 Å². The monoisotopic (exact) mass is 354 g/mol. The molecule has 0 amide bonds. The molecule has 0 aromatic heterocycles. The molecular formula is C19H14O7. The Labute approximate surface area is 148 Å². The van der Waals surface area contributed by atoms with Gasteiger partial charge in [0.15, 0.2) is 0 Å². The van der Waals surface area contributed by atoms with Crippen LogP contribution in [-0.4, -0.2) is 28.1 Å². The molecule has 0 saturated carbocycles. The van der Waals surface area contributed by atoms with Gasteiger partial charge in [0.25, 0.3) is 0 Å². The number of aliphatic hydroxyl groups excluding tert-OH is 1. The van der Waals surface area contributed by atoms with Crippen molar-refractivity contribution in [3.05, 3.63) is 78.4 Å². The Morgan fingerprint density at radius 2 is 1.19 bits per heavy atom. The van der Waals surface area contributed by atoms with E-state index in [2.05, 4.69) is 6.58 Å². The average Bonchev–Trinajstić information content (AvgIpc) is 2.60. The number of carbonyl (C=O) groups excluding carboxylic acids is 2. The number of hydrogen-bond donors (Lipinski definition) is 2. The summed E-state index contributed by atoms with van der Waals surface area (Å²) < 4.78 is 9.92. The van der Waals surface area contributed by atoms with Crippen LogP contribution in [0.3, 0.4) is 0 Å². The number of ether oxygens (including phenoxy) is 2. The zero-order chi connectivity index (χ0) is 19.1. The van der Waals surface area contributed by atoms with Crippen molar-refractivity contribution in [2.45, 2.75) is 0 Å². The molecule has 132 valence electrons. The highest BCUT2D eigenvalue weighted by Gasteiger charge is 2.13. The molecule has 0 fully saturated rings. The van der Waals surface area contributed by atoms with Crippen molar-refractivity contribution in [1.29, 1.82) is 0 Å². The van der Waals surface area contributed by atoms with Crippen LogP contribution < -0.4 is 9.47 Å². The van der Waals surface area contributed by atoms with Crippen LogP contribution in [-0.2, 0) is 9.59 Å². The summed E-state index contributed by atoms with van der Waals surface area (Å²) in [6.45, 7) is 3.36. The van der Waals surface area contributed by atoms with Gasteiger partial charge in [-0.2, -0.15) is 0 Å². The van der Waals surface area contributed by atoms with E-state index in [1.165, 1.54) is 36.4 Å². The predicted octanol–water partition coefficient (Wildman–Crippen LogP) is 2.98. The minimum absolute atomic E-state index is 0.0687. The fraction of sp³-hybridized carbons (Fsp3) is 0. The number of benzene rings is 2. The van der Waals surface area contributed by atoms with Crippen LogP contribution in [0.25, 0.3) is 5.76 Å². The highest BCUT2D eigenvalue weighted by atomic mass is 16.5. The second-order valence-electron chi connectivity index (χ2n) is 4.92. The Kier molecular flexibility index (Phi) is 5.89. The lowest BCUT2D eigenvalue weighted by Gasteiger charge is -2.07. The summed E-state index contributed by atoms with van der Waals surface area (Å²) in [7, 11) is 0. The molecule has 7 heteroatoms. The summed E-state index contributed by atoms with van der Waals surface area (Å²) in [5.74, 6) is -3.44. The Hall–Kier alpha value is -3.87. The first-order valence-electron chi connectivity index (χ1n) is 7.30. The van der Waals surface area contributed by atoms with Gasteiger partial charge in [0, 0.05) is 12.2 Å². The van der Waals surface area contributed by atoms with Gasteiger partial charge < -0.3 is 19.7 Å². The lowest BCUT2D eigenvalue weighted by Crippen LogP contribution is -2.11. The van der Waals surface area contributed by atoms with Gasteiger partial charge >= 0.3 is 17.9 Å². The summed E-state index contributed by atoms with van der Waals surface area (Å²) in [6.07, 6.45) is 1.62. The molecule has 0 aliphatic rings. The molecule has 2 aromatic carbocycles. The number of para-hydroxylation sites is 2.